The molecule has 1 aliphatic carbocycles. The predicted octanol–water partition coefficient (Wildman–Crippen LogP) is 4.14. The van der Waals surface area contributed by atoms with Gasteiger partial charge in [0, 0.05) is 17.4 Å². The minimum atomic E-state index is -1.53. The summed E-state index contributed by atoms with van der Waals surface area (Å²) < 4.78 is 5.27. The summed E-state index contributed by atoms with van der Waals surface area (Å²) >= 11 is 0. The molecule has 1 aliphatic heterocycles. The zero-order chi connectivity index (χ0) is 21.6. The number of anilines is 1. The van der Waals surface area contributed by atoms with Crippen molar-refractivity contribution in [3.63, 3.8) is 0 Å². The Morgan fingerprint density at radius 2 is 1.61 bits per heavy atom. The molecule has 1 saturated carbocycles. The lowest BCUT2D eigenvalue weighted by Gasteiger charge is -2.36. The van der Waals surface area contributed by atoms with Gasteiger partial charge in [0.05, 0.1) is 18.7 Å². The van der Waals surface area contributed by atoms with Crippen LogP contribution in [0.4, 0.5) is 5.69 Å². The lowest BCUT2D eigenvalue weighted by molar-refractivity contribution is -0.130. The van der Waals surface area contributed by atoms with Crippen LogP contribution in [0.1, 0.15) is 33.8 Å². The van der Waals surface area contributed by atoms with Gasteiger partial charge in [-0.3, -0.25) is 9.59 Å². The van der Waals surface area contributed by atoms with E-state index in [1.54, 1.807) is 31.4 Å². The Morgan fingerprint density at radius 3 is 2.32 bits per heavy atom. The average Bonchev–Trinajstić information content (AvgIpc) is 3.08. The Morgan fingerprint density at radius 1 is 0.935 bits per heavy atom. The van der Waals surface area contributed by atoms with Crippen LogP contribution in [0.5, 0.6) is 5.75 Å². The summed E-state index contributed by atoms with van der Waals surface area (Å²) in [6, 6.07) is 23.8. The number of ketones is 1. The van der Waals surface area contributed by atoms with Crippen LogP contribution >= 0.6 is 0 Å². The number of hydrogen-bond donors (Lipinski definition) is 2. The van der Waals surface area contributed by atoms with Gasteiger partial charge in [0.25, 0.3) is 0 Å². The topological polar surface area (TPSA) is 75.6 Å². The fourth-order valence-electron chi connectivity index (χ4n) is 5.26. The number of Topliss-reactive ketones (excluding diaryl/α,β-unsaturated/α-hetero) is 1. The highest BCUT2D eigenvalue weighted by atomic mass is 16.5. The first-order valence-corrected chi connectivity index (χ1v) is 10.4. The number of benzene rings is 3. The normalized spacial score (nSPS) is 27.1. The second-order valence-electron chi connectivity index (χ2n) is 8.24. The van der Waals surface area contributed by atoms with Crippen molar-refractivity contribution >= 4 is 17.4 Å². The van der Waals surface area contributed by atoms with Gasteiger partial charge in [0.1, 0.15) is 11.4 Å². The van der Waals surface area contributed by atoms with Gasteiger partial charge in [-0.1, -0.05) is 54.6 Å². The molecule has 4 unspecified atom stereocenters. The summed E-state index contributed by atoms with van der Waals surface area (Å²) in [6.07, 6.45) is 0.378. The van der Waals surface area contributed by atoms with Gasteiger partial charge in [0.15, 0.2) is 5.78 Å². The van der Waals surface area contributed by atoms with Gasteiger partial charge in [-0.25, -0.2) is 0 Å². The number of nitrogens with one attached hydrogen (secondary N) is 1. The average molecular weight is 413 g/mol. The highest BCUT2D eigenvalue weighted by Gasteiger charge is 2.61. The van der Waals surface area contributed by atoms with Crippen molar-refractivity contribution < 1.29 is 19.4 Å². The lowest BCUT2D eigenvalue weighted by atomic mass is 9.74. The molecular formula is C26H23NO4. The second kappa shape index (κ2) is 7.36. The van der Waals surface area contributed by atoms with Gasteiger partial charge in [-0.05, 0) is 41.8 Å². The fraction of sp³-hybridized carbons (Fsp3) is 0.231. The van der Waals surface area contributed by atoms with E-state index in [0.717, 1.165) is 5.56 Å². The molecule has 156 valence electrons. The van der Waals surface area contributed by atoms with Crippen molar-refractivity contribution in [2.45, 2.75) is 17.9 Å². The van der Waals surface area contributed by atoms with E-state index in [1.807, 2.05) is 54.6 Å². The number of carbonyl (C=O) groups excluding carboxylic acids is 2. The molecule has 0 saturated heterocycles. The molecule has 1 amide bonds. The lowest BCUT2D eigenvalue weighted by Crippen LogP contribution is -2.44. The van der Waals surface area contributed by atoms with Crippen LogP contribution in [0, 0.1) is 11.8 Å². The second-order valence-corrected chi connectivity index (χ2v) is 8.24. The van der Waals surface area contributed by atoms with Crippen LogP contribution in [0.25, 0.3) is 0 Å². The Kier molecular flexibility index (Phi) is 4.63. The monoisotopic (exact) mass is 413 g/mol. The number of rotatable bonds is 3. The molecule has 0 radical (unpaired) electrons. The fourth-order valence-corrected chi connectivity index (χ4v) is 5.26. The summed E-state index contributed by atoms with van der Waals surface area (Å²) in [5.41, 5.74) is 0.978. The zero-order valence-corrected chi connectivity index (χ0v) is 17.1. The maximum absolute atomic E-state index is 13.5. The van der Waals surface area contributed by atoms with Gasteiger partial charge < -0.3 is 15.2 Å². The number of amides is 1. The molecule has 2 N–H and O–H groups in total. The third-order valence-electron chi connectivity index (χ3n) is 6.72. The van der Waals surface area contributed by atoms with E-state index in [2.05, 4.69) is 5.32 Å². The maximum atomic E-state index is 13.5. The molecular weight excluding hydrogens is 390 g/mol. The van der Waals surface area contributed by atoms with E-state index in [4.69, 9.17) is 4.74 Å². The summed E-state index contributed by atoms with van der Waals surface area (Å²) in [5.74, 6) is -1.67. The van der Waals surface area contributed by atoms with Gasteiger partial charge >= 0.3 is 0 Å². The van der Waals surface area contributed by atoms with Crippen LogP contribution in [0.15, 0.2) is 78.9 Å². The standard InChI is InChI=1S/C26H23NO4/c1-31-18-13-11-16(12-14-18)21-15-20-23(26(21,30)17-7-3-2-4-8-17)25(29)27-22-10-6-5-9-19(22)24(20)28/h2-14,20-21,23,30H,15H2,1H3,(H,27,29). The van der Waals surface area contributed by atoms with Crippen molar-refractivity contribution in [3.8, 4) is 5.75 Å². The smallest absolute Gasteiger partial charge is 0.231 e. The zero-order valence-electron chi connectivity index (χ0n) is 17.1. The third-order valence-corrected chi connectivity index (χ3v) is 6.72. The van der Waals surface area contributed by atoms with Crippen molar-refractivity contribution in [2.24, 2.45) is 11.8 Å². The van der Waals surface area contributed by atoms with E-state index in [-0.39, 0.29) is 11.7 Å². The Hall–Kier alpha value is -3.44. The van der Waals surface area contributed by atoms with Gasteiger partial charge in [0.2, 0.25) is 5.91 Å². The van der Waals surface area contributed by atoms with Crippen molar-refractivity contribution in [2.75, 3.05) is 12.4 Å². The van der Waals surface area contributed by atoms with Crippen molar-refractivity contribution in [3.05, 3.63) is 95.6 Å². The minimum absolute atomic E-state index is 0.107. The van der Waals surface area contributed by atoms with E-state index in [0.29, 0.717) is 29.0 Å². The molecule has 0 aromatic heterocycles. The Labute approximate surface area is 180 Å². The largest absolute Gasteiger partial charge is 0.497 e. The van der Waals surface area contributed by atoms with Crippen LogP contribution in [-0.4, -0.2) is 23.9 Å². The summed E-state index contributed by atoms with van der Waals surface area (Å²) in [4.78, 5) is 27.0. The number of para-hydroxylation sites is 1. The number of aliphatic hydroxyl groups is 1. The first kappa shape index (κ1) is 19.5. The maximum Gasteiger partial charge on any atom is 0.231 e. The first-order valence-electron chi connectivity index (χ1n) is 10.4. The number of carbonyl (C=O) groups is 2. The van der Waals surface area contributed by atoms with Crippen LogP contribution < -0.4 is 10.1 Å². The molecule has 0 spiro atoms. The number of fused-ring (bicyclic) bond motifs is 2. The Bertz CT molecular complexity index is 1140. The van der Waals surface area contributed by atoms with Gasteiger partial charge in [-0.2, -0.15) is 0 Å². The number of ether oxygens (including phenoxy) is 1. The molecule has 0 bridgehead atoms. The van der Waals surface area contributed by atoms with E-state index in [1.165, 1.54) is 0 Å². The summed E-state index contributed by atoms with van der Waals surface area (Å²) in [7, 11) is 1.60. The third kappa shape index (κ3) is 2.96. The molecule has 1 fully saturated rings. The van der Waals surface area contributed by atoms with Crippen molar-refractivity contribution in [1.29, 1.82) is 0 Å². The molecule has 3 aromatic rings. The minimum Gasteiger partial charge on any atom is -0.497 e. The molecule has 31 heavy (non-hydrogen) atoms. The molecule has 5 heteroatoms. The molecule has 5 nitrogen and oxygen atoms in total. The summed E-state index contributed by atoms with van der Waals surface area (Å²) in [6.45, 7) is 0. The van der Waals surface area contributed by atoms with E-state index in [9.17, 15) is 14.7 Å². The SMILES string of the molecule is COc1ccc(C2CC3C(=O)c4ccccc4NC(=O)C3C2(O)c2ccccc2)cc1. The molecule has 1 heterocycles. The highest BCUT2D eigenvalue weighted by Crippen LogP contribution is 2.57. The predicted molar refractivity (Wildman–Crippen MR) is 117 cm³/mol. The van der Waals surface area contributed by atoms with Gasteiger partial charge in [-0.15, -0.1) is 0 Å². The number of methoxy groups -OCH3 is 1. The van der Waals surface area contributed by atoms with E-state index < -0.39 is 23.4 Å². The first-order chi connectivity index (χ1) is 15.0. The molecule has 2 aliphatic rings. The van der Waals surface area contributed by atoms with Crippen LogP contribution in [0.3, 0.4) is 0 Å². The quantitative estimate of drug-likeness (QED) is 0.677. The highest BCUT2D eigenvalue weighted by molar-refractivity contribution is 6.12. The van der Waals surface area contributed by atoms with Crippen LogP contribution in [0.2, 0.25) is 0 Å². The molecule has 4 atom stereocenters. The van der Waals surface area contributed by atoms with E-state index >= 15 is 0 Å². The Balaban J connectivity index is 1.68. The molecule has 3 aromatic carbocycles. The summed E-state index contributed by atoms with van der Waals surface area (Å²) in [5, 5.41) is 15.1. The number of hydrogen-bond acceptors (Lipinski definition) is 4. The van der Waals surface area contributed by atoms with Crippen LogP contribution in [-0.2, 0) is 10.4 Å². The van der Waals surface area contributed by atoms with Crippen molar-refractivity contribution in [1.82, 2.24) is 0 Å². The molecule has 5 rings (SSSR count).